The average Bonchev–Trinajstić information content (AvgIpc) is 2.52. The second kappa shape index (κ2) is 7.95. The number of primary amides is 1. The van der Waals surface area contributed by atoms with Crippen molar-refractivity contribution in [3.8, 4) is 0 Å². The summed E-state index contributed by atoms with van der Waals surface area (Å²) in [6, 6.07) is 3.71. The number of carbonyl (C=O) groups excluding carboxylic acids is 1. The third-order valence-corrected chi connectivity index (χ3v) is 3.77. The summed E-state index contributed by atoms with van der Waals surface area (Å²) in [6.45, 7) is 2.98. The summed E-state index contributed by atoms with van der Waals surface area (Å²) >= 11 is 0. The van der Waals surface area contributed by atoms with Crippen molar-refractivity contribution in [3.63, 3.8) is 0 Å². The maximum Gasteiger partial charge on any atom is 0.240 e. The fourth-order valence-corrected chi connectivity index (χ4v) is 2.71. The van der Waals surface area contributed by atoms with Gasteiger partial charge in [-0.05, 0) is 25.3 Å². The fraction of sp³-hybridized carbons (Fsp3) is 0.600. The minimum Gasteiger partial charge on any atom is -0.383 e. The van der Waals surface area contributed by atoms with Gasteiger partial charge in [0.25, 0.3) is 0 Å². The third-order valence-electron chi connectivity index (χ3n) is 3.77. The van der Waals surface area contributed by atoms with Crippen LogP contribution in [-0.2, 0) is 16.1 Å². The van der Waals surface area contributed by atoms with E-state index in [1.165, 1.54) is 0 Å². The molecular formula is C15H24N4O2. The molecule has 1 saturated heterocycles. The second-order valence-electron chi connectivity index (χ2n) is 5.26. The Hall–Kier alpha value is -1.66. The van der Waals surface area contributed by atoms with E-state index in [9.17, 15) is 4.79 Å². The first-order valence-corrected chi connectivity index (χ1v) is 7.43. The SMILES string of the molecule is COCCNCc1cccnc1N1CCCCC1C(N)=O. The minimum atomic E-state index is -0.265. The predicted octanol–water partition coefficient (Wildman–Crippen LogP) is 0.662. The zero-order valence-corrected chi connectivity index (χ0v) is 12.5. The minimum absolute atomic E-state index is 0.244. The number of methoxy groups -OCH3 is 1. The number of nitrogens with one attached hydrogen (secondary N) is 1. The van der Waals surface area contributed by atoms with Crippen LogP contribution in [0.2, 0.25) is 0 Å². The molecule has 0 bridgehead atoms. The van der Waals surface area contributed by atoms with Gasteiger partial charge in [0.15, 0.2) is 0 Å². The molecule has 0 aliphatic carbocycles. The number of nitrogens with two attached hydrogens (primary N) is 1. The molecule has 116 valence electrons. The largest absolute Gasteiger partial charge is 0.383 e. The Morgan fingerprint density at radius 1 is 1.57 bits per heavy atom. The maximum absolute atomic E-state index is 11.7. The van der Waals surface area contributed by atoms with Gasteiger partial charge in [-0.15, -0.1) is 0 Å². The predicted molar refractivity (Wildman–Crippen MR) is 82.0 cm³/mol. The molecule has 0 saturated carbocycles. The monoisotopic (exact) mass is 292 g/mol. The summed E-state index contributed by atoms with van der Waals surface area (Å²) in [6.07, 6.45) is 4.68. The van der Waals surface area contributed by atoms with Gasteiger partial charge < -0.3 is 20.7 Å². The number of anilines is 1. The van der Waals surface area contributed by atoms with Crippen LogP contribution in [0.1, 0.15) is 24.8 Å². The van der Waals surface area contributed by atoms with Crippen LogP contribution < -0.4 is 16.0 Å². The van der Waals surface area contributed by atoms with E-state index in [2.05, 4.69) is 15.2 Å². The Labute approximate surface area is 125 Å². The number of amides is 1. The first-order valence-electron chi connectivity index (χ1n) is 7.43. The lowest BCUT2D eigenvalue weighted by molar-refractivity contribution is -0.119. The van der Waals surface area contributed by atoms with E-state index in [-0.39, 0.29) is 11.9 Å². The number of pyridine rings is 1. The van der Waals surface area contributed by atoms with E-state index >= 15 is 0 Å². The molecule has 1 aromatic rings. The summed E-state index contributed by atoms with van der Waals surface area (Å²) < 4.78 is 5.03. The van der Waals surface area contributed by atoms with Crippen LogP contribution in [0.3, 0.4) is 0 Å². The number of nitrogens with zero attached hydrogens (tertiary/aromatic N) is 2. The molecule has 21 heavy (non-hydrogen) atoms. The molecule has 2 rings (SSSR count). The molecule has 0 aromatic carbocycles. The van der Waals surface area contributed by atoms with Crippen molar-refractivity contribution < 1.29 is 9.53 Å². The number of hydrogen-bond donors (Lipinski definition) is 2. The van der Waals surface area contributed by atoms with E-state index in [0.29, 0.717) is 13.2 Å². The van der Waals surface area contributed by atoms with Gasteiger partial charge in [-0.3, -0.25) is 4.79 Å². The number of hydrogen-bond acceptors (Lipinski definition) is 5. The van der Waals surface area contributed by atoms with Crippen molar-refractivity contribution in [2.45, 2.75) is 31.8 Å². The van der Waals surface area contributed by atoms with E-state index in [1.807, 2.05) is 12.1 Å². The van der Waals surface area contributed by atoms with Crippen molar-refractivity contribution in [3.05, 3.63) is 23.9 Å². The average molecular weight is 292 g/mol. The van der Waals surface area contributed by atoms with Crippen LogP contribution in [-0.4, -0.2) is 43.7 Å². The summed E-state index contributed by atoms with van der Waals surface area (Å²) in [5.74, 6) is 0.601. The molecule has 1 aliphatic rings. The maximum atomic E-state index is 11.7. The van der Waals surface area contributed by atoms with E-state index in [4.69, 9.17) is 10.5 Å². The molecule has 1 unspecified atom stereocenters. The number of carbonyl (C=O) groups is 1. The Kier molecular flexibility index (Phi) is 5.95. The van der Waals surface area contributed by atoms with E-state index in [0.717, 1.165) is 43.7 Å². The summed E-state index contributed by atoms with van der Waals surface area (Å²) in [5, 5.41) is 3.32. The van der Waals surface area contributed by atoms with Crippen LogP contribution in [0.5, 0.6) is 0 Å². The van der Waals surface area contributed by atoms with Crippen LogP contribution >= 0.6 is 0 Å². The topological polar surface area (TPSA) is 80.5 Å². The van der Waals surface area contributed by atoms with Crippen LogP contribution in [0, 0.1) is 0 Å². The van der Waals surface area contributed by atoms with Crippen LogP contribution in [0.4, 0.5) is 5.82 Å². The van der Waals surface area contributed by atoms with Gasteiger partial charge in [-0.2, -0.15) is 0 Å². The van der Waals surface area contributed by atoms with Gasteiger partial charge in [0.1, 0.15) is 11.9 Å². The van der Waals surface area contributed by atoms with Crippen LogP contribution in [0.25, 0.3) is 0 Å². The molecule has 1 aliphatic heterocycles. The highest BCUT2D eigenvalue weighted by molar-refractivity contribution is 5.83. The zero-order chi connectivity index (χ0) is 15.1. The summed E-state index contributed by atoms with van der Waals surface area (Å²) in [7, 11) is 1.68. The lowest BCUT2D eigenvalue weighted by atomic mass is 10.0. The van der Waals surface area contributed by atoms with E-state index in [1.54, 1.807) is 13.3 Å². The number of rotatable bonds is 7. The highest BCUT2D eigenvalue weighted by Crippen LogP contribution is 2.25. The van der Waals surface area contributed by atoms with Gasteiger partial charge in [-0.25, -0.2) is 4.98 Å². The fourth-order valence-electron chi connectivity index (χ4n) is 2.71. The molecule has 1 amide bonds. The number of piperidine rings is 1. The van der Waals surface area contributed by atoms with Crippen LogP contribution in [0.15, 0.2) is 18.3 Å². The first kappa shape index (κ1) is 15.7. The van der Waals surface area contributed by atoms with Gasteiger partial charge in [0.05, 0.1) is 6.61 Å². The lowest BCUT2D eigenvalue weighted by Crippen LogP contribution is -2.48. The van der Waals surface area contributed by atoms with Crippen molar-refractivity contribution in [1.29, 1.82) is 0 Å². The van der Waals surface area contributed by atoms with Crippen molar-refractivity contribution >= 4 is 11.7 Å². The normalized spacial score (nSPS) is 18.7. The summed E-state index contributed by atoms with van der Waals surface area (Å²) in [5.41, 5.74) is 6.63. The number of ether oxygens (including phenoxy) is 1. The molecule has 1 fully saturated rings. The number of aromatic nitrogens is 1. The standard InChI is InChI=1S/C15H24N4O2/c1-21-10-8-17-11-12-5-4-7-18-15(12)19-9-3-2-6-13(19)14(16)20/h4-5,7,13,17H,2-3,6,8-11H2,1H3,(H2,16,20). The summed E-state index contributed by atoms with van der Waals surface area (Å²) in [4.78, 5) is 18.2. The zero-order valence-electron chi connectivity index (χ0n) is 12.5. The highest BCUT2D eigenvalue weighted by Gasteiger charge is 2.29. The second-order valence-corrected chi connectivity index (χ2v) is 5.26. The van der Waals surface area contributed by atoms with Gasteiger partial charge in [-0.1, -0.05) is 6.07 Å². The molecule has 3 N–H and O–H groups in total. The highest BCUT2D eigenvalue weighted by atomic mass is 16.5. The van der Waals surface area contributed by atoms with Crippen molar-refractivity contribution in [2.24, 2.45) is 5.73 Å². The Bertz CT molecular complexity index is 467. The molecule has 1 atom stereocenters. The Morgan fingerprint density at radius 3 is 3.19 bits per heavy atom. The van der Waals surface area contributed by atoms with Crippen molar-refractivity contribution in [2.75, 3.05) is 31.7 Å². The molecule has 0 spiro atoms. The van der Waals surface area contributed by atoms with E-state index < -0.39 is 0 Å². The molecule has 0 radical (unpaired) electrons. The first-order chi connectivity index (χ1) is 10.2. The molecule has 6 nitrogen and oxygen atoms in total. The Morgan fingerprint density at radius 2 is 2.43 bits per heavy atom. The quantitative estimate of drug-likeness (QED) is 0.722. The van der Waals surface area contributed by atoms with Crippen molar-refractivity contribution in [1.82, 2.24) is 10.3 Å². The molecule has 6 heteroatoms. The smallest absolute Gasteiger partial charge is 0.240 e. The molecular weight excluding hydrogens is 268 g/mol. The Balaban J connectivity index is 2.11. The van der Waals surface area contributed by atoms with Gasteiger partial charge >= 0.3 is 0 Å². The van der Waals surface area contributed by atoms with Gasteiger partial charge in [0, 0.05) is 38.5 Å². The van der Waals surface area contributed by atoms with Gasteiger partial charge in [0.2, 0.25) is 5.91 Å². The third kappa shape index (κ3) is 4.15. The molecule has 2 heterocycles. The molecule has 1 aromatic heterocycles. The lowest BCUT2D eigenvalue weighted by Gasteiger charge is -2.35.